The number of phenols is 1. The number of hydrogen-bond donors (Lipinski definition) is 2. The first-order valence-corrected chi connectivity index (χ1v) is 10.2. The number of rotatable bonds is 5. The summed E-state index contributed by atoms with van der Waals surface area (Å²) in [5, 5.41) is 19.6. The van der Waals surface area contributed by atoms with Crippen molar-refractivity contribution in [1.29, 1.82) is 0 Å². The van der Waals surface area contributed by atoms with E-state index in [0.29, 0.717) is 5.75 Å². The molecule has 0 atom stereocenters. The van der Waals surface area contributed by atoms with Crippen molar-refractivity contribution < 1.29 is 19.7 Å². The first-order chi connectivity index (χ1) is 14.4. The fourth-order valence-electron chi connectivity index (χ4n) is 3.39. The van der Waals surface area contributed by atoms with Crippen LogP contribution in [0.25, 0.3) is 26.6 Å². The number of carbonyl (C=O) groups is 1. The van der Waals surface area contributed by atoms with E-state index in [1.54, 1.807) is 23.5 Å². The predicted octanol–water partition coefficient (Wildman–Crippen LogP) is 6.78. The Kier molecular flexibility index (Phi) is 5.29. The van der Waals surface area contributed by atoms with Crippen LogP contribution in [0.2, 0.25) is 0 Å². The minimum absolute atomic E-state index is 0.219. The number of aromatic hydroxyl groups is 1. The minimum atomic E-state index is -0.985. The number of thiophene rings is 1. The van der Waals surface area contributed by atoms with Crippen molar-refractivity contribution in [3.05, 3.63) is 83.4 Å². The maximum absolute atomic E-state index is 10.7. The molecule has 150 valence electrons. The van der Waals surface area contributed by atoms with E-state index in [1.807, 2.05) is 30.3 Å². The van der Waals surface area contributed by atoms with Crippen molar-refractivity contribution in [2.75, 3.05) is 0 Å². The van der Waals surface area contributed by atoms with Crippen molar-refractivity contribution in [2.45, 2.75) is 13.8 Å². The van der Waals surface area contributed by atoms with Gasteiger partial charge in [-0.1, -0.05) is 41.5 Å². The lowest BCUT2D eigenvalue weighted by Gasteiger charge is -2.10. The van der Waals surface area contributed by atoms with Crippen molar-refractivity contribution in [3.8, 4) is 27.7 Å². The predicted molar refractivity (Wildman–Crippen MR) is 122 cm³/mol. The van der Waals surface area contributed by atoms with Crippen LogP contribution in [-0.2, 0) is 4.79 Å². The Morgan fingerprint density at radius 1 is 0.967 bits per heavy atom. The van der Waals surface area contributed by atoms with E-state index in [9.17, 15) is 9.90 Å². The van der Waals surface area contributed by atoms with Crippen molar-refractivity contribution in [3.63, 3.8) is 0 Å². The van der Waals surface area contributed by atoms with Gasteiger partial charge in [0.15, 0.2) is 5.75 Å². The van der Waals surface area contributed by atoms with Crippen LogP contribution < -0.4 is 4.74 Å². The van der Waals surface area contributed by atoms with Gasteiger partial charge in [-0.25, -0.2) is 4.79 Å². The van der Waals surface area contributed by atoms with Gasteiger partial charge in [-0.3, -0.25) is 0 Å². The summed E-state index contributed by atoms with van der Waals surface area (Å²) >= 11 is 1.58. The number of carboxylic acid groups (broad SMARTS) is 1. The quantitative estimate of drug-likeness (QED) is 0.352. The third-order valence-electron chi connectivity index (χ3n) is 4.63. The molecule has 4 aromatic rings. The second-order valence-electron chi connectivity index (χ2n) is 7.16. The first-order valence-electron chi connectivity index (χ1n) is 9.42. The van der Waals surface area contributed by atoms with Gasteiger partial charge in [0.25, 0.3) is 0 Å². The maximum atomic E-state index is 10.7. The lowest BCUT2D eigenvalue weighted by Crippen LogP contribution is -1.88. The highest BCUT2D eigenvalue weighted by molar-refractivity contribution is 7.22. The number of hydrogen-bond acceptors (Lipinski definition) is 4. The van der Waals surface area contributed by atoms with Crippen molar-refractivity contribution in [1.82, 2.24) is 0 Å². The molecule has 0 amide bonds. The summed E-state index contributed by atoms with van der Waals surface area (Å²) in [4.78, 5) is 11.7. The molecule has 30 heavy (non-hydrogen) atoms. The van der Waals surface area contributed by atoms with Gasteiger partial charge in [0.1, 0.15) is 11.5 Å². The summed E-state index contributed by atoms with van der Waals surface area (Å²) in [7, 11) is 0. The highest BCUT2D eigenvalue weighted by Crippen LogP contribution is 2.47. The van der Waals surface area contributed by atoms with Gasteiger partial charge in [-0.15, -0.1) is 11.3 Å². The van der Waals surface area contributed by atoms with E-state index < -0.39 is 5.97 Å². The molecule has 4 rings (SSSR count). The van der Waals surface area contributed by atoms with Crippen molar-refractivity contribution in [2.24, 2.45) is 0 Å². The van der Waals surface area contributed by atoms with Gasteiger partial charge >= 0.3 is 5.97 Å². The van der Waals surface area contributed by atoms with E-state index >= 15 is 0 Å². The number of aliphatic carboxylic acids is 1. The fourth-order valence-corrected chi connectivity index (χ4v) is 4.54. The van der Waals surface area contributed by atoms with Gasteiger partial charge < -0.3 is 14.9 Å². The number of ether oxygens (including phenoxy) is 1. The average Bonchev–Trinajstić information content (AvgIpc) is 3.04. The number of fused-ring (bicyclic) bond motifs is 1. The Labute approximate surface area is 178 Å². The molecule has 0 spiro atoms. The summed E-state index contributed by atoms with van der Waals surface area (Å²) < 4.78 is 7.25. The normalized spacial score (nSPS) is 11.3. The highest BCUT2D eigenvalue weighted by Gasteiger charge is 2.17. The van der Waals surface area contributed by atoms with E-state index in [0.717, 1.165) is 37.9 Å². The first kappa shape index (κ1) is 19.7. The Hall–Kier alpha value is -3.57. The standard InChI is InChI=1S/C25H20O4S/c1-15-11-16(2)13-18(12-15)25-24(21-9-6-19(26)14-22(21)30-25)29-20-7-3-17(4-8-20)5-10-23(27)28/h3-14,26H,1-2H3,(H,27,28)/b10-5+. The summed E-state index contributed by atoms with van der Waals surface area (Å²) in [6.07, 6.45) is 2.64. The summed E-state index contributed by atoms with van der Waals surface area (Å²) in [5.41, 5.74) is 4.19. The molecule has 0 radical (unpaired) electrons. The molecule has 0 saturated heterocycles. The topological polar surface area (TPSA) is 66.8 Å². The van der Waals surface area contributed by atoms with Crippen LogP contribution in [0, 0.1) is 13.8 Å². The monoisotopic (exact) mass is 416 g/mol. The molecule has 2 N–H and O–H groups in total. The average molecular weight is 416 g/mol. The third kappa shape index (κ3) is 4.21. The Morgan fingerprint density at radius 2 is 1.67 bits per heavy atom. The van der Waals surface area contributed by atoms with Crippen LogP contribution in [0.1, 0.15) is 16.7 Å². The molecule has 0 fully saturated rings. The molecule has 3 aromatic carbocycles. The Balaban J connectivity index is 1.78. The van der Waals surface area contributed by atoms with E-state index in [-0.39, 0.29) is 5.75 Å². The van der Waals surface area contributed by atoms with Crippen molar-refractivity contribution >= 4 is 33.5 Å². The Morgan fingerprint density at radius 3 is 2.33 bits per heavy atom. The van der Waals surface area contributed by atoms with Crippen LogP contribution in [0.5, 0.6) is 17.2 Å². The largest absolute Gasteiger partial charge is 0.508 e. The number of phenolic OH excluding ortho intramolecular Hbond substituents is 1. The van der Waals surface area contributed by atoms with Gasteiger partial charge in [-0.05, 0) is 61.4 Å². The van der Waals surface area contributed by atoms with Crippen LogP contribution in [0.15, 0.2) is 66.7 Å². The molecular weight excluding hydrogens is 396 g/mol. The molecule has 1 heterocycles. The van der Waals surface area contributed by atoms with E-state index in [4.69, 9.17) is 9.84 Å². The summed E-state index contributed by atoms with van der Waals surface area (Å²) in [6, 6.07) is 18.9. The second kappa shape index (κ2) is 8.05. The van der Waals surface area contributed by atoms with Crippen LogP contribution in [-0.4, -0.2) is 16.2 Å². The lowest BCUT2D eigenvalue weighted by atomic mass is 10.1. The molecule has 4 nitrogen and oxygen atoms in total. The SMILES string of the molecule is Cc1cc(C)cc(-c2sc3cc(O)ccc3c2Oc2ccc(/C=C/C(=O)O)cc2)c1. The van der Waals surface area contributed by atoms with Crippen LogP contribution in [0.3, 0.4) is 0 Å². The minimum Gasteiger partial charge on any atom is -0.508 e. The zero-order valence-corrected chi connectivity index (χ0v) is 17.4. The highest BCUT2D eigenvalue weighted by atomic mass is 32.1. The molecule has 0 saturated carbocycles. The van der Waals surface area contributed by atoms with Crippen LogP contribution >= 0.6 is 11.3 Å². The summed E-state index contributed by atoms with van der Waals surface area (Å²) in [6.45, 7) is 4.14. The molecule has 0 aliphatic carbocycles. The summed E-state index contributed by atoms with van der Waals surface area (Å²) in [5.74, 6) is 0.632. The van der Waals surface area contributed by atoms with Gasteiger partial charge in [0.05, 0.1) is 4.88 Å². The number of benzene rings is 3. The Bertz CT molecular complexity index is 1250. The molecule has 0 bridgehead atoms. The molecular formula is C25H20O4S. The van der Waals surface area contributed by atoms with Crippen LogP contribution in [0.4, 0.5) is 0 Å². The van der Waals surface area contributed by atoms with E-state index in [1.165, 1.54) is 17.2 Å². The lowest BCUT2D eigenvalue weighted by molar-refractivity contribution is -0.131. The number of carboxylic acids is 1. The number of aryl methyl sites for hydroxylation is 2. The second-order valence-corrected chi connectivity index (χ2v) is 8.21. The molecule has 0 aliphatic heterocycles. The zero-order chi connectivity index (χ0) is 21.3. The zero-order valence-electron chi connectivity index (χ0n) is 16.5. The van der Waals surface area contributed by atoms with Gasteiger partial charge in [0.2, 0.25) is 0 Å². The molecule has 0 aliphatic rings. The van der Waals surface area contributed by atoms with Gasteiger partial charge in [-0.2, -0.15) is 0 Å². The molecule has 5 heteroatoms. The maximum Gasteiger partial charge on any atom is 0.328 e. The third-order valence-corrected chi connectivity index (χ3v) is 5.81. The smallest absolute Gasteiger partial charge is 0.328 e. The van der Waals surface area contributed by atoms with E-state index in [2.05, 4.69) is 32.0 Å². The molecule has 1 aromatic heterocycles. The molecule has 0 unspecified atom stereocenters. The van der Waals surface area contributed by atoms with Gasteiger partial charge in [0, 0.05) is 16.2 Å². The fraction of sp³-hybridized carbons (Fsp3) is 0.0800.